The first kappa shape index (κ1) is 22.2. The smallest absolute Gasteiger partial charge is 0.213 e. The van der Waals surface area contributed by atoms with Crippen LogP contribution in [0.4, 0.5) is 0 Å². The van der Waals surface area contributed by atoms with Crippen molar-refractivity contribution in [1.29, 1.82) is 0 Å². The van der Waals surface area contributed by atoms with Crippen molar-refractivity contribution in [3.05, 3.63) is 0 Å². The molecule has 1 heterocycles. The maximum Gasteiger partial charge on any atom is 0.213 e. The second kappa shape index (κ2) is 12.5. The van der Waals surface area contributed by atoms with E-state index in [1.165, 1.54) is 12.8 Å². The van der Waals surface area contributed by atoms with Crippen LogP contribution in [0.15, 0.2) is 4.99 Å². The highest BCUT2D eigenvalue weighted by Gasteiger charge is 2.17. The predicted molar refractivity (Wildman–Crippen MR) is 103 cm³/mol. The zero-order valence-electron chi connectivity index (χ0n) is 16.0. The number of rotatable bonds is 11. The molecule has 1 rings (SSSR count). The molecule has 0 aromatic heterocycles. The third kappa shape index (κ3) is 11.4. The summed E-state index contributed by atoms with van der Waals surface area (Å²) in [5.41, 5.74) is 0. The molecule has 0 amide bonds. The maximum atomic E-state index is 12.0. The fraction of sp³-hybridized carbons (Fsp3) is 0.941. The number of ether oxygens (including phenoxy) is 1. The summed E-state index contributed by atoms with van der Waals surface area (Å²) >= 11 is 0. The first-order valence-corrected chi connectivity index (χ1v) is 11.1. The van der Waals surface area contributed by atoms with Crippen LogP contribution in [0.2, 0.25) is 0 Å². The van der Waals surface area contributed by atoms with Gasteiger partial charge in [0.05, 0.1) is 11.9 Å². The summed E-state index contributed by atoms with van der Waals surface area (Å²) in [5.74, 6) is 1.40. The third-order valence-electron chi connectivity index (χ3n) is 4.19. The highest BCUT2D eigenvalue weighted by molar-refractivity contribution is 7.89. The normalized spacial score (nSPS) is 19.2. The Bertz CT molecular complexity index is 474. The molecule has 0 saturated carbocycles. The van der Waals surface area contributed by atoms with Crippen LogP contribution < -0.4 is 15.4 Å². The second-order valence-electron chi connectivity index (χ2n) is 6.97. The lowest BCUT2D eigenvalue weighted by molar-refractivity contribution is 0.0200. The molecule has 0 aromatic carbocycles. The average Bonchev–Trinajstić information content (AvgIpc) is 2.59. The third-order valence-corrected chi connectivity index (χ3v) is 5.54. The molecule has 25 heavy (non-hydrogen) atoms. The molecular formula is C17H36N4O3S. The summed E-state index contributed by atoms with van der Waals surface area (Å²) in [6, 6.07) is 0. The maximum absolute atomic E-state index is 12.0. The van der Waals surface area contributed by atoms with Crippen molar-refractivity contribution in [3.63, 3.8) is 0 Å². The van der Waals surface area contributed by atoms with E-state index in [0.29, 0.717) is 19.0 Å². The van der Waals surface area contributed by atoms with Gasteiger partial charge < -0.3 is 15.4 Å². The van der Waals surface area contributed by atoms with Gasteiger partial charge >= 0.3 is 0 Å². The molecule has 0 spiro atoms. The monoisotopic (exact) mass is 376 g/mol. The molecule has 3 N–H and O–H groups in total. The highest BCUT2D eigenvalue weighted by atomic mass is 32.2. The largest absolute Gasteiger partial charge is 0.377 e. The van der Waals surface area contributed by atoms with Gasteiger partial charge in [-0.1, -0.05) is 26.7 Å². The van der Waals surface area contributed by atoms with Crippen LogP contribution in [0.1, 0.15) is 52.4 Å². The van der Waals surface area contributed by atoms with Gasteiger partial charge in [0, 0.05) is 33.3 Å². The molecule has 1 fully saturated rings. The van der Waals surface area contributed by atoms with Gasteiger partial charge in [-0.25, -0.2) is 13.1 Å². The minimum atomic E-state index is -3.30. The Morgan fingerprint density at radius 1 is 1.20 bits per heavy atom. The Morgan fingerprint density at radius 3 is 2.60 bits per heavy atom. The highest BCUT2D eigenvalue weighted by Crippen LogP contribution is 2.11. The molecular weight excluding hydrogens is 340 g/mol. The summed E-state index contributed by atoms with van der Waals surface area (Å²) in [5, 5.41) is 6.27. The van der Waals surface area contributed by atoms with E-state index in [1.54, 1.807) is 7.05 Å². The lowest BCUT2D eigenvalue weighted by atomic mass is 10.1. The molecule has 1 unspecified atom stereocenters. The van der Waals surface area contributed by atoms with Crippen LogP contribution in [0.25, 0.3) is 0 Å². The van der Waals surface area contributed by atoms with Crippen molar-refractivity contribution in [2.24, 2.45) is 10.9 Å². The minimum Gasteiger partial charge on any atom is -0.377 e. The number of hydrogen-bond acceptors (Lipinski definition) is 4. The summed E-state index contributed by atoms with van der Waals surface area (Å²) < 4.78 is 32.3. The van der Waals surface area contributed by atoms with Crippen LogP contribution in [0.3, 0.4) is 0 Å². The zero-order chi connectivity index (χ0) is 18.5. The molecule has 8 heteroatoms. The van der Waals surface area contributed by atoms with Crippen LogP contribution in [-0.4, -0.2) is 59.5 Å². The average molecular weight is 377 g/mol. The van der Waals surface area contributed by atoms with E-state index in [-0.39, 0.29) is 11.9 Å². The Hall–Kier alpha value is -0.860. The fourth-order valence-corrected chi connectivity index (χ4v) is 3.62. The first-order valence-electron chi connectivity index (χ1n) is 9.46. The topological polar surface area (TPSA) is 91.8 Å². The van der Waals surface area contributed by atoms with E-state index in [0.717, 1.165) is 44.8 Å². The zero-order valence-corrected chi connectivity index (χ0v) is 16.8. The number of sulfonamides is 1. The molecule has 0 radical (unpaired) electrons. The SMILES string of the molecule is CN=C(NCCCCC(C)C)NCCS(=O)(=O)NCC1CCCCO1. The van der Waals surface area contributed by atoms with Crippen LogP contribution >= 0.6 is 0 Å². The molecule has 7 nitrogen and oxygen atoms in total. The van der Waals surface area contributed by atoms with Gasteiger partial charge in [0.2, 0.25) is 10.0 Å². The number of unbranched alkanes of at least 4 members (excludes halogenated alkanes) is 1. The Morgan fingerprint density at radius 2 is 1.96 bits per heavy atom. The number of hydrogen-bond donors (Lipinski definition) is 3. The minimum absolute atomic E-state index is 0.0109. The van der Waals surface area contributed by atoms with E-state index in [1.807, 2.05) is 0 Å². The Balaban J connectivity index is 2.15. The van der Waals surface area contributed by atoms with Gasteiger partial charge in [-0.2, -0.15) is 0 Å². The van der Waals surface area contributed by atoms with Crippen LogP contribution in [0, 0.1) is 5.92 Å². The molecule has 148 valence electrons. The van der Waals surface area contributed by atoms with Crippen molar-refractivity contribution in [2.45, 2.75) is 58.5 Å². The lowest BCUT2D eigenvalue weighted by Crippen LogP contribution is -2.42. The number of nitrogens with one attached hydrogen (secondary N) is 3. The molecule has 0 bridgehead atoms. The second-order valence-corrected chi connectivity index (χ2v) is 8.90. The summed E-state index contributed by atoms with van der Waals surface area (Å²) in [6.45, 7) is 6.72. The van der Waals surface area contributed by atoms with E-state index in [4.69, 9.17) is 4.74 Å². The number of guanidine groups is 1. The van der Waals surface area contributed by atoms with Gasteiger partial charge in [0.15, 0.2) is 5.96 Å². The van der Waals surface area contributed by atoms with Crippen molar-refractivity contribution < 1.29 is 13.2 Å². The van der Waals surface area contributed by atoms with Gasteiger partial charge in [-0.05, 0) is 31.6 Å². The first-order chi connectivity index (χ1) is 11.9. The van der Waals surface area contributed by atoms with Gasteiger partial charge in [-0.3, -0.25) is 4.99 Å². The molecule has 0 aromatic rings. The number of nitrogens with zero attached hydrogens (tertiary/aromatic N) is 1. The van der Waals surface area contributed by atoms with E-state index >= 15 is 0 Å². The van der Waals surface area contributed by atoms with Crippen LogP contribution in [0.5, 0.6) is 0 Å². The van der Waals surface area contributed by atoms with Crippen molar-refractivity contribution >= 4 is 16.0 Å². The van der Waals surface area contributed by atoms with Crippen molar-refractivity contribution in [1.82, 2.24) is 15.4 Å². The van der Waals surface area contributed by atoms with Gasteiger partial charge in [0.25, 0.3) is 0 Å². The van der Waals surface area contributed by atoms with Crippen molar-refractivity contribution in [3.8, 4) is 0 Å². The van der Waals surface area contributed by atoms with Gasteiger partial charge in [0.1, 0.15) is 0 Å². The summed E-state index contributed by atoms with van der Waals surface area (Å²) in [7, 11) is -1.61. The predicted octanol–water partition coefficient (Wildman–Crippen LogP) is 1.47. The molecule has 1 saturated heterocycles. The summed E-state index contributed by atoms with van der Waals surface area (Å²) in [6.07, 6.45) is 6.60. The van der Waals surface area contributed by atoms with E-state index in [2.05, 4.69) is 34.2 Å². The van der Waals surface area contributed by atoms with Gasteiger partial charge in [-0.15, -0.1) is 0 Å². The molecule has 1 aliphatic rings. The van der Waals surface area contributed by atoms with E-state index < -0.39 is 10.0 Å². The molecule has 1 aliphatic heterocycles. The lowest BCUT2D eigenvalue weighted by Gasteiger charge is -2.22. The molecule has 0 aliphatic carbocycles. The quantitative estimate of drug-likeness (QED) is 0.288. The van der Waals surface area contributed by atoms with Crippen LogP contribution in [-0.2, 0) is 14.8 Å². The Kier molecular flexibility index (Phi) is 11.1. The van der Waals surface area contributed by atoms with E-state index in [9.17, 15) is 8.42 Å². The number of aliphatic imine (C=N–C) groups is 1. The summed E-state index contributed by atoms with van der Waals surface area (Å²) in [4.78, 5) is 4.12. The standard InChI is InChI=1S/C17H36N4O3S/c1-15(2)8-4-6-10-19-17(18-3)20-11-13-25(22,23)21-14-16-9-5-7-12-24-16/h15-16,21H,4-14H2,1-3H3,(H2,18,19,20). The van der Waals surface area contributed by atoms with Crippen molar-refractivity contribution in [2.75, 3.05) is 39.0 Å². The fourth-order valence-electron chi connectivity index (χ4n) is 2.67. The molecule has 1 atom stereocenters. The Labute approximate surface area is 153 Å².